The molecule has 0 aliphatic heterocycles. The van der Waals surface area contributed by atoms with Gasteiger partial charge >= 0.3 is 0 Å². The monoisotopic (exact) mass is 475 g/mol. The van der Waals surface area contributed by atoms with Gasteiger partial charge in [-0.3, -0.25) is 9.52 Å². The van der Waals surface area contributed by atoms with Crippen molar-refractivity contribution >= 4 is 32.5 Å². The summed E-state index contributed by atoms with van der Waals surface area (Å²) in [5.74, 6) is -0.531. The van der Waals surface area contributed by atoms with E-state index in [0.29, 0.717) is 22.2 Å². The van der Waals surface area contributed by atoms with Crippen molar-refractivity contribution in [2.24, 2.45) is 0 Å². The molecule has 1 heterocycles. The van der Waals surface area contributed by atoms with Gasteiger partial charge in [0, 0.05) is 10.9 Å². The maximum atomic E-state index is 13.8. The van der Waals surface area contributed by atoms with Crippen molar-refractivity contribution in [2.45, 2.75) is 19.1 Å². The number of aliphatic hydroxyl groups excluding tert-OH is 1. The summed E-state index contributed by atoms with van der Waals surface area (Å²) in [6.07, 6.45) is 0.140. The summed E-state index contributed by atoms with van der Waals surface area (Å²) in [6.45, 7) is 1.59. The molecule has 0 saturated heterocycles. The third-order valence-electron chi connectivity index (χ3n) is 5.38. The van der Waals surface area contributed by atoms with E-state index in [-0.39, 0.29) is 11.3 Å². The van der Waals surface area contributed by atoms with Crippen LogP contribution in [0, 0.1) is 0 Å². The van der Waals surface area contributed by atoms with Gasteiger partial charge in [0.25, 0.3) is 5.91 Å². The number of rotatable bonds is 7. The molecule has 0 radical (unpaired) electrons. The SMILES string of the molecule is CC(O)C(NC(=O)c1c(NS(C)(=O)=O)c(-c2ccccc2)nc2ccccc12)c1ccccc1. The Morgan fingerprint density at radius 3 is 2.12 bits per heavy atom. The van der Waals surface area contributed by atoms with Crippen LogP contribution in [-0.2, 0) is 10.0 Å². The summed E-state index contributed by atoms with van der Waals surface area (Å²) in [6, 6.07) is 24.5. The van der Waals surface area contributed by atoms with E-state index < -0.39 is 28.1 Å². The van der Waals surface area contributed by atoms with Crippen LogP contribution < -0.4 is 10.0 Å². The minimum absolute atomic E-state index is 0.0855. The van der Waals surface area contributed by atoms with Gasteiger partial charge in [0.05, 0.1) is 40.9 Å². The number of anilines is 1. The summed E-state index contributed by atoms with van der Waals surface area (Å²) < 4.78 is 27.2. The van der Waals surface area contributed by atoms with Gasteiger partial charge < -0.3 is 10.4 Å². The molecule has 1 amide bonds. The number of hydrogen-bond acceptors (Lipinski definition) is 5. The minimum atomic E-state index is -3.75. The van der Waals surface area contributed by atoms with Crippen LogP contribution in [0.5, 0.6) is 0 Å². The van der Waals surface area contributed by atoms with Crippen LogP contribution in [0.3, 0.4) is 0 Å². The molecule has 0 bridgehead atoms. The molecule has 0 aliphatic rings. The van der Waals surface area contributed by atoms with Crippen LogP contribution >= 0.6 is 0 Å². The molecule has 0 saturated carbocycles. The van der Waals surface area contributed by atoms with Crippen molar-refractivity contribution in [1.29, 1.82) is 0 Å². The van der Waals surface area contributed by atoms with Crippen LogP contribution in [0.1, 0.15) is 28.9 Å². The Morgan fingerprint density at radius 2 is 1.50 bits per heavy atom. The highest BCUT2D eigenvalue weighted by molar-refractivity contribution is 7.92. The number of benzene rings is 3. The lowest BCUT2D eigenvalue weighted by Gasteiger charge is -2.24. The first kappa shape index (κ1) is 23.4. The first-order valence-corrected chi connectivity index (χ1v) is 12.6. The molecule has 3 aromatic carbocycles. The van der Waals surface area contributed by atoms with Crippen molar-refractivity contribution in [2.75, 3.05) is 11.0 Å². The number of para-hydroxylation sites is 1. The van der Waals surface area contributed by atoms with Gasteiger partial charge in [-0.2, -0.15) is 0 Å². The minimum Gasteiger partial charge on any atom is -0.391 e. The van der Waals surface area contributed by atoms with E-state index >= 15 is 0 Å². The van der Waals surface area contributed by atoms with Crippen molar-refractivity contribution in [3.8, 4) is 11.3 Å². The lowest BCUT2D eigenvalue weighted by atomic mass is 9.98. The highest BCUT2D eigenvalue weighted by Gasteiger charge is 2.27. The van der Waals surface area contributed by atoms with Crippen LogP contribution in [0.25, 0.3) is 22.2 Å². The molecule has 7 nitrogen and oxygen atoms in total. The predicted molar refractivity (Wildman–Crippen MR) is 134 cm³/mol. The third kappa shape index (κ3) is 5.08. The Morgan fingerprint density at radius 1 is 0.912 bits per heavy atom. The zero-order chi connectivity index (χ0) is 24.3. The van der Waals surface area contributed by atoms with E-state index in [1.807, 2.05) is 48.5 Å². The number of amides is 1. The lowest BCUT2D eigenvalue weighted by molar-refractivity contribution is 0.0860. The van der Waals surface area contributed by atoms with Crippen LogP contribution in [-0.4, -0.2) is 36.8 Å². The Balaban J connectivity index is 1.94. The van der Waals surface area contributed by atoms with Gasteiger partial charge in [-0.25, -0.2) is 13.4 Å². The molecule has 0 aliphatic carbocycles. The number of carbonyl (C=O) groups is 1. The van der Waals surface area contributed by atoms with Crippen molar-refractivity contribution < 1.29 is 18.3 Å². The van der Waals surface area contributed by atoms with Crippen molar-refractivity contribution in [1.82, 2.24) is 10.3 Å². The number of carbonyl (C=O) groups excluding carboxylic acids is 1. The maximum Gasteiger partial charge on any atom is 0.254 e. The molecule has 0 fully saturated rings. The van der Waals surface area contributed by atoms with Gasteiger partial charge in [-0.05, 0) is 18.6 Å². The first-order valence-electron chi connectivity index (χ1n) is 10.7. The first-order chi connectivity index (χ1) is 16.2. The predicted octanol–water partition coefficient (Wildman–Crippen LogP) is 4.13. The number of nitrogens with zero attached hydrogens (tertiary/aromatic N) is 1. The second-order valence-electron chi connectivity index (χ2n) is 8.07. The molecule has 0 spiro atoms. The van der Waals surface area contributed by atoms with E-state index in [4.69, 9.17) is 0 Å². The van der Waals surface area contributed by atoms with E-state index in [0.717, 1.165) is 11.8 Å². The maximum absolute atomic E-state index is 13.8. The number of sulfonamides is 1. The van der Waals surface area contributed by atoms with Crippen molar-refractivity contribution in [3.63, 3.8) is 0 Å². The Labute approximate surface area is 198 Å². The molecule has 174 valence electrons. The van der Waals surface area contributed by atoms with E-state index in [9.17, 15) is 18.3 Å². The number of aliphatic hydroxyl groups is 1. The zero-order valence-corrected chi connectivity index (χ0v) is 19.6. The number of nitrogens with one attached hydrogen (secondary N) is 2. The fraction of sp³-hybridized carbons (Fsp3) is 0.154. The van der Waals surface area contributed by atoms with Gasteiger partial charge in [0.2, 0.25) is 10.0 Å². The van der Waals surface area contributed by atoms with Gasteiger partial charge in [-0.15, -0.1) is 0 Å². The molecular formula is C26H25N3O4S. The molecule has 3 N–H and O–H groups in total. The highest BCUT2D eigenvalue weighted by Crippen LogP contribution is 2.35. The van der Waals surface area contributed by atoms with E-state index in [1.165, 1.54) is 0 Å². The molecule has 34 heavy (non-hydrogen) atoms. The molecular weight excluding hydrogens is 450 g/mol. The normalized spacial score (nSPS) is 13.3. The number of fused-ring (bicyclic) bond motifs is 1. The fourth-order valence-corrected chi connectivity index (χ4v) is 4.46. The van der Waals surface area contributed by atoms with E-state index in [1.54, 1.807) is 43.3 Å². The summed E-state index contributed by atoms with van der Waals surface area (Å²) in [4.78, 5) is 18.4. The molecule has 8 heteroatoms. The molecule has 2 atom stereocenters. The molecule has 1 aromatic heterocycles. The standard InChI is InChI=1S/C26H25N3O4S/c1-17(30)23(18-11-5-3-6-12-18)28-26(31)22-20-15-9-10-16-21(20)27-24(19-13-7-4-8-14-19)25(22)29-34(2,32)33/h3-17,23,29-30H,1-2H3,(H,28,31). The molecule has 4 aromatic rings. The topological polar surface area (TPSA) is 108 Å². The summed E-state index contributed by atoms with van der Waals surface area (Å²) in [5.41, 5.74) is 2.48. The average Bonchev–Trinajstić information content (AvgIpc) is 2.82. The highest BCUT2D eigenvalue weighted by atomic mass is 32.2. The van der Waals surface area contributed by atoms with Crippen LogP contribution in [0.2, 0.25) is 0 Å². The third-order valence-corrected chi connectivity index (χ3v) is 5.96. The number of pyridine rings is 1. The van der Waals surface area contributed by atoms with Crippen LogP contribution in [0.15, 0.2) is 84.9 Å². The second kappa shape index (κ2) is 9.62. The van der Waals surface area contributed by atoms with Gasteiger partial charge in [-0.1, -0.05) is 78.9 Å². The van der Waals surface area contributed by atoms with Crippen molar-refractivity contribution in [3.05, 3.63) is 96.1 Å². The lowest BCUT2D eigenvalue weighted by Crippen LogP contribution is -2.35. The smallest absolute Gasteiger partial charge is 0.254 e. The Hall–Kier alpha value is -3.75. The van der Waals surface area contributed by atoms with E-state index in [2.05, 4.69) is 15.0 Å². The number of aromatic nitrogens is 1. The van der Waals surface area contributed by atoms with Gasteiger partial charge in [0.1, 0.15) is 0 Å². The quantitative estimate of drug-likeness (QED) is 0.373. The zero-order valence-electron chi connectivity index (χ0n) is 18.8. The molecule has 4 rings (SSSR count). The average molecular weight is 476 g/mol. The summed E-state index contributed by atoms with van der Waals surface area (Å²) in [7, 11) is -3.75. The number of hydrogen-bond donors (Lipinski definition) is 3. The summed E-state index contributed by atoms with van der Waals surface area (Å²) in [5, 5.41) is 13.8. The largest absolute Gasteiger partial charge is 0.391 e. The Kier molecular flexibility index (Phi) is 6.63. The van der Waals surface area contributed by atoms with Crippen LogP contribution in [0.4, 0.5) is 5.69 Å². The Bertz CT molecular complexity index is 1420. The van der Waals surface area contributed by atoms with Gasteiger partial charge in [0.15, 0.2) is 0 Å². The summed E-state index contributed by atoms with van der Waals surface area (Å²) >= 11 is 0. The fourth-order valence-electron chi connectivity index (χ4n) is 3.89. The second-order valence-corrected chi connectivity index (χ2v) is 9.82. The molecule has 2 unspecified atom stereocenters.